The van der Waals surface area contributed by atoms with Crippen molar-refractivity contribution < 1.29 is 14.3 Å². The molecule has 0 fully saturated rings. The maximum absolute atomic E-state index is 12.5. The van der Waals surface area contributed by atoms with Crippen molar-refractivity contribution in [1.29, 1.82) is 0 Å². The van der Waals surface area contributed by atoms with Gasteiger partial charge in [0.1, 0.15) is 11.5 Å². The van der Waals surface area contributed by atoms with Crippen LogP contribution in [-0.4, -0.2) is 11.8 Å². The highest BCUT2D eigenvalue weighted by atomic mass is 35.5. The number of hydrogen-bond acceptors (Lipinski definition) is 3. The Kier molecular flexibility index (Phi) is 6.87. The van der Waals surface area contributed by atoms with E-state index in [1.165, 1.54) is 6.92 Å². The Morgan fingerprint density at radius 3 is 2.24 bits per heavy atom. The predicted molar refractivity (Wildman–Crippen MR) is 114 cm³/mol. The minimum absolute atomic E-state index is 0.126. The first kappa shape index (κ1) is 20.4. The summed E-state index contributed by atoms with van der Waals surface area (Å²) in [5, 5.41) is 6.19. The van der Waals surface area contributed by atoms with E-state index in [-0.39, 0.29) is 18.2 Å². The summed E-state index contributed by atoms with van der Waals surface area (Å²) in [7, 11) is 0. The third-order valence-corrected chi connectivity index (χ3v) is 4.48. The van der Waals surface area contributed by atoms with E-state index < -0.39 is 6.04 Å². The maximum atomic E-state index is 12.5. The Balaban J connectivity index is 1.62. The average Bonchev–Trinajstić information content (AvgIpc) is 2.71. The van der Waals surface area contributed by atoms with Crippen LogP contribution in [0.25, 0.3) is 0 Å². The molecule has 3 aromatic carbocycles. The van der Waals surface area contributed by atoms with E-state index in [9.17, 15) is 9.59 Å². The van der Waals surface area contributed by atoms with Gasteiger partial charge in [-0.05, 0) is 42.0 Å². The molecule has 0 aliphatic heterocycles. The standard InChI is InChI=1S/C23H21ClN2O3/c1-16(27)25-21(17-7-3-2-4-8-17)15-23(28)26-18-11-13-19(14-12-18)29-22-10-6-5-9-20(22)24/h2-14,21H,15H2,1H3,(H,25,27)(H,26,28). The van der Waals surface area contributed by atoms with E-state index in [4.69, 9.17) is 16.3 Å². The molecule has 29 heavy (non-hydrogen) atoms. The zero-order valence-corrected chi connectivity index (χ0v) is 16.6. The van der Waals surface area contributed by atoms with E-state index >= 15 is 0 Å². The van der Waals surface area contributed by atoms with Crippen molar-refractivity contribution >= 4 is 29.1 Å². The number of anilines is 1. The maximum Gasteiger partial charge on any atom is 0.226 e. The van der Waals surface area contributed by atoms with Gasteiger partial charge in [-0.2, -0.15) is 0 Å². The molecule has 0 heterocycles. The molecule has 0 aliphatic carbocycles. The van der Waals surface area contributed by atoms with Gasteiger partial charge in [0.2, 0.25) is 11.8 Å². The predicted octanol–water partition coefficient (Wildman–Crippen LogP) is 5.34. The molecule has 0 aliphatic rings. The molecule has 6 heteroatoms. The molecule has 3 rings (SSSR count). The number of hydrogen-bond donors (Lipinski definition) is 2. The highest BCUT2D eigenvalue weighted by Gasteiger charge is 2.17. The van der Waals surface area contributed by atoms with Crippen LogP contribution >= 0.6 is 11.6 Å². The molecule has 2 amide bonds. The molecule has 0 aromatic heterocycles. The van der Waals surface area contributed by atoms with Crippen LogP contribution in [0.5, 0.6) is 11.5 Å². The largest absolute Gasteiger partial charge is 0.456 e. The van der Waals surface area contributed by atoms with Gasteiger partial charge in [-0.25, -0.2) is 0 Å². The monoisotopic (exact) mass is 408 g/mol. The van der Waals surface area contributed by atoms with Crippen LogP contribution in [-0.2, 0) is 9.59 Å². The minimum atomic E-state index is -0.392. The first-order chi connectivity index (χ1) is 14.0. The van der Waals surface area contributed by atoms with Crippen LogP contribution < -0.4 is 15.4 Å². The van der Waals surface area contributed by atoms with Gasteiger partial charge in [-0.15, -0.1) is 0 Å². The average molecular weight is 409 g/mol. The van der Waals surface area contributed by atoms with Crippen LogP contribution in [0.2, 0.25) is 5.02 Å². The minimum Gasteiger partial charge on any atom is -0.456 e. The van der Waals surface area contributed by atoms with Crippen molar-refractivity contribution in [1.82, 2.24) is 5.32 Å². The Bertz CT molecular complexity index is 975. The molecule has 0 saturated carbocycles. The third kappa shape index (κ3) is 6.09. The summed E-state index contributed by atoms with van der Waals surface area (Å²) < 4.78 is 5.74. The molecule has 148 valence electrons. The Hall–Kier alpha value is -3.31. The molecule has 0 saturated heterocycles. The number of nitrogens with one attached hydrogen (secondary N) is 2. The first-order valence-electron chi connectivity index (χ1n) is 9.15. The summed E-state index contributed by atoms with van der Waals surface area (Å²) in [5.74, 6) is 0.781. The van der Waals surface area contributed by atoms with Gasteiger partial charge < -0.3 is 15.4 Å². The Morgan fingerprint density at radius 1 is 0.931 bits per heavy atom. The van der Waals surface area contributed by atoms with Crippen molar-refractivity contribution in [2.45, 2.75) is 19.4 Å². The lowest BCUT2D eigenvalue weighted by molar-refractivity contribution is -0.120. The van der Waals surface area contributed by atoms with Gasteiger partial charge in [-0.3, -0.25) is 9.59 Å². The highest BCUT2D eigenvalue weighted by Crippen LogP contribution is 2.29. The fraction of sp³-hybridized carbons (Fsp3) is 0.130. The topological polar surface area (TPSA) is 67.4 Å². The Morgan fingerprint density at radius 2 is 1.59 bits per heavy atom. The second-order valence-electron chi connectivity index (χ2n) is 6.47. The van der Waals surface area contributed by atoms with Crippen molar-refractivity contribution in [3.63, 3.8) is 0 Å². The first-order valence-corrected chi connectivity index (χ1v) is 9.53. The van der Waals surface area contributed by atoms with E-state index in [1.54, 1.807) is 36.4 Å². The van der Waals surface area contributed by atoms with Gasteiger partial charge in [0.05, 0.1) is 17.5 Å². The van der Waals surface area contributed by atoms with Crippen molar-refractivity contribution in [3.05, 3.63) is 89.4 Å². The van der Waals surface area contributed by atoms with E-state index in [0.717, 1.165) is 5.56 Å². The second kappa shape index (κ2) is 9.75. The summed E-state index contributed by atoms with van der Waals surface area (Å²) in [4.78, 5) is 24.0. The molecule has 1 unspecified atom stereocenters. The number of benzene rings is 3. The number of rotatable bonds is 7. The number of carbonyl (C=O) groups excluding carboxylic acids is 2. The summed E-state index contributed by atoms with van der Waals surface area (Å²) in [6.45, 7) is 1.44. The fourth-order valence-electron chi connectivity index (χ4n) is 2.84. The summed E-state index contributed by atoms with van der Waals surface area (Å²) >= 11 is 6.10. The lowest BCUT2D eigenvalue weighted by Crippen LogP contribution is -2.29. The zero-order chi connectivity index (χ0) is 20.6. The van der Waals surface area contributed by atoms with E-state index in [0.29, 0.717) is 22.2 Å². The number of halogens is 1. The van der Waals surface area contributed by atoms with E-state index in [2.05, 4.69) is 10.6 Å². The summed E-state index contributed by atoms with van der Waals surface area (Å²) in [5.41, 5.74) is 1.51. The summed E-state index contributed by atoms with van der Waals surface area (Å²) in [6.07, 6.45) is 0.126. The highest BCUT2D eigenvalue weighted by molar-refractivity contribution is 6.32. The smallest absolute Gasteiger partial charge is 0.226 e. The van der Waals surface area contributed by atoms with Gasteiger partial charge in [0, 0.05) is 12.6 Å². The molecular weight excluding hydrogens is 388 g/mol. The normalized spacial score (nSPS) is 11.4. The van der Waals surface area contributed by atoms with Gasteiger partial charge in [-0.1, -0.05) is 54.1 Å². The van der Waals surface area contributed by atoms with Crippen LogP contribution in [0, 0.1) is 0 Å². The lowest BCUT2D eigenvalue weighted by atomic mass is 10.0. The molecule has 5 nitrogen and oxygen atoms in total. The van der Waals surface area contributed by atoms with Gasteiger partial charge in [0.15, 0.2) is 0 Å². The van der Waals surface area contributed by atoms with Crippen LogP contribution in [0.3, 0.4) is 0 Å². The molecule has 1 atom stereocenters. The second-order valence-corrected chi connectivity index (χ2v) is 6.88. The number of para-hydroxylation sites is 1. The lowest BCUT2D eigenvalue weighted by Gasteiger charge is -2.18. The number of carbonyl (C=O) groups is 2. The zero-order valence-electron chi connectivity index (χ0n) is 15.9. The molecular formula is C23H21ClN2O3. The molecule has 0 radical (unpaired) electrons. The van der Waals surface area contributed by atoms with Crippen LogP contribution in [0.4, 0.5) is 5.69 Å². The van der Waals surface area contributed by atoms with Crippen molar-refractivity contribution in [2.24, 2.45) is 0 Å². The quantitative estimate of drug-likeness (QED) is 0.554. The molecule has 2 N–H and O–H groups in total. The Labute approximate surface area is 174 Å². The van der Waals surface area contributed by atoms with Crippen molar-refractivity contribution in [2.75, 3.05) is 5.32 Å². The molecule has 0 spiro atoms. The van der Waals surface area contributed by atoms with Crippen LogP contribution in [0.1, 0.15) is 24.9 Å². The SMILES string of the molecule is CC(=O)NC(CC(=O)Nc1ccc(Oc2ccccc2Cl)cc1)c1ccccc1. The third-order valence-electron chi connectivity index (χ3n) is 4.17. The van der Waals surface area contributed by atoms with E-state index in [1.807, 2.05) is 42.5 Å². The molecule has 3 aromatic rings. The number of amides is 2. The fourth-order valence-corrected chi connectivity index (χ4v) is 3.02. The summed E-state index contributed by atoms with van der Waals surface area (Å²) in [6, 6.07) is 23.2. The van der Waals surface area contributed by atoms with Gasteiger partial charge >= 0.3 is 0 Å². The number of ether oxygens (including phenoxy) is 1. The van der Waals surface area contributed by atoms with Crippen molar-refractivity contribution in [3.8, 4) is 11.5 Å². The van der Waals surface area contributed by atoms with Gasteiger partial charge in [0.25, 0.3) is 0 Å². The molecule has 0 bridgehead atoms. The van der Waals surface area contributed by atoms with Crippen LogP contribution in [0.15, 0.2) is 78.9 Å².